The van der Waals surface area contributed by atoms with Crippen molar-refractivity contribution in [2.75, 3.05) is 39.3 Å². The van der Waals surface area contributed by atoms with E-state index >= 15 is 0 Å². The van der Waals surface area contributed by atoms with Crippen LogP contribution in [0.1, 0.15) is 53.5 Å². The van der Waals surface area contributed by atoms with E-state index in [-0.39, 0.29) is 11.7 Å². The molecule has 142 valence electrons. The molecule has 0 atom stereocenters. The second kappa shape index (κ2) is 7.16. The molecule has 0 unspecified atom stereocenters. The Morgan fingerprint density at radius 2 is 1.62 bits per heavy atom. The fourth-order valence-electron chi connectivity index (χ4n) is 4.05. The lowest BCUT2D eigenvalue weighted by Gasteiger charge is -2.33. The molecule has 4 rings (SSSR count). The molecule has 3 fully saturated rings. The summed E-state index contributed by atoms with van der Waals surface area (Å²) in [6.07, 6.45) is 4.73. The number of ketones is 1. The van der Waals surface area contributed by atoms with Crippen molar-refractivity contribution in [2.45, 2.75) is 51.6 Å². The highest BCUT2D eigenvalue weighted by atomic mass is 16.2. The normalized spacial score (nSPS) is 21.8. The summed E-state index contributed by atoms with van der Waals surface area (Å²) in [5, 5.41) is 3.04. The zero-order chi connectivity index (χ0) is 18.3. The molecule has 3 aliphatic rings. The number of nitrogens with one attached hydrogen (secondary N) is 1. The summed E-state index contributed by atoms with van der Waals surface area (Å²) in [5.41, 5.74) is 3.23. The number of hydrogen-bond acceptors (Lipinski definition) is 4. The van der Waals surface area contributed by atoms with Crippen LogP contribution >= 0.6 is 0 Å². The number of piperazine rings is 1. The molecule has 2 saturated carbocycles. The predicted octanol–water partition coefficient (Wildman–Crippen LogP) is 1.52. The summed E-state index contributed by atoms with van der Waals surface area (Å²) >= 11 is 0. The first kappa shape index (κ1) is 17.7. The summed E-state index contributed by atoms with van der Waals surface area (Å²) in [5.74, 6) is 0.370. The van der Waals surface area contributed by atoms with Gasteiger partial charge in [-0.05, 0) is 45.6 Å². The number of hydrogen-bond donors (Lipinski definition) is 1. The lowest BCUT2D eigenvalue weighted by Crippen LogP contribution is -2.50. The van der Waals surface area contributed by atoms with Crippen LogP contribution in [0.4, 0.5) is 0 Å². The standard InChI is InChI=1S/C20H30N4O2/c1-14-11-18(15(2)24(14)17-5-6-17)19(25)12-22-7-9-23(10-8-22)13-20(26)21-16-3-4-16/h11,16-17H,3-10,12-13H2,1-2H3,(H,21,26). The predicted molar refractivity (Wildman–Crippen MR) is 101 cm³/mol. The van der Waals surface area contributed by atoms with Crippen LogP contribution in [-0.2, 0) is 4.79 Å². The van der Waals surface area contributed by atoms with Crippen LogP contribution in [0.2, 0.25) is 0 Å². The van der Waals surface area contributed by atoms with Crippen LogP contribution in [-0.4, -0.2) is 71.4 Å². The highest BCUT2D eigenvalue weighted by molar-refractivity contribution is 5.99. The second-order valence-corrected chi connectivity index (χ2v) is 8.20. The Morgan fingerprint density at radius 1 is 1.00 bits per heavy atom. The molecule has 0 aromatic carbocycles. The monoisotopic (exact) mass is 358 g/mol. The number of nitrogens with zero attached hydrogens (tertiary/aromatic N) is 3. The molecule has 1 aromatic heterocycles. The molecule has 6 nitrogen and oxygen atoms in total. The molecule has 0 spiro atoms. The molecule has 2 aliphatic carbocycles. The van der Waals surface area contributed by atoms with Gasteiger partial charge in [0.25, 0.3) is 0 Å². The first-order chi connectivity index (χ1) is 12.5. The summed E-state index contributed by atoms with van der Waals surface area (Å²) in [4.78, 5) is 29.1. The molecule has 6 heteroatoms. The van der Waals surface area contributed by atoms with Crippen molar-refractivity contribution in [3.8, 4) is 0 Å². The Balaban J connectivity index is 1.27. The van der Waals surface area contributed by atoms with Crippen molar-refractivity contribution in [3.05, 3.63) is 23.0 Å². The third-order valence-corrected chi connectivity index (χ3v) is 5.84. The Bertz CT molecular complexity index is 695. The number of aryl methyl sites for hydroxylation is 1. The van der Waals surface area contributed by atoms with Gasteiger partial charge in [-0.25, -0.2) is 0 Å². The Morgan fingerprint density at radius 3 is 2.19 bits per heavy atom. The topological polar surface area (TPSA) is 57.6 Å². The minimum absolute atomic E-state index is 0.143. The van der Waals surface area contributed by atoms with E-state index < -0.39 is 0 Å². The van der Waals surface area contributed by atoms with Gasteiger partial charge in [-0.15, -0.1) is 0 Å². The lowest BCUT2D eigenvalue weighted by molar-refractivity contribution is -0.122. The molecule has 1 aliphatic heterocycles. The SMILES string of the molecule is Cc1cc(C(=O)CN2CCN(CC(=O)NC3CC3)CC2)c(C)n1C1CC1. The number of aromatic nitrogens is 1. The molecule has 0 radical (unpaired) electrons. The molecule has 1 saturated heterocycles. The van der Waals surface area contributed by atoms with Crippen molar-refractivity contribution < 1.29 is 9.59 Å². The number of rotatable bonds is 7. The Labute approximate surface area is 155 Å². The molecular formula is C20H30N4O2. The van der Waals surface area contributed by atoms with Crippen LogP contribution in [0.3, 0.4) is 0 Å². The van der Waals surface area contributed by atoms with Gasteiger partial charge >= 0.3 is 0 Å². The van der Waals surface area contributed by atoms with Gasteiger partial charge in [0.1, 0.15) is 0 Å². The zero-order valence-electron chi connectivity index (χ0n) is 16.0. The van der Waals surface area contributed by atoms with E-state index in [0.717, 1.165) is 50.3 Å². The van der Waals surface area contributed by atoms with Crippen molar-refractivity contribution in [3.63, 3.8) is 0 Å². The van der Waals surface area contributed by atoms with Crippen LogP contribution < -0.4 is 5.32 Å². The van der Waals surface area contributed by atoms with Crippen molar-refractivity contribution in [2.24, 2.45) is 0 Å². The third-order valence-electron chi connectivity index (χ3n) is 5.84. The van der Waals surface area contributed by atoms with Crippen LogP contribution in [0, 0.1) is 13.8 Å². The van der Waals surface area contributed by atoms with E-state index in [1.165, 1.54) is 18.5 Å². The molecule has 1 N–H and O–H groups in total. The Hall–Kier alpha value is -1.66. The summed E-state index contributed by atoms with van der Waals surface area (Å²) in [6, 6.07) is 3.10. The summed E-state index contributed by atoms with van der Waals surface area (Å²) in [7, 11) is 0. The molecular weight excluding hydrogens is 328 g/mol. The average molecular weight is 358 g/mol. The fourth-order valence-corrected chi connectivity index (χ4v) is 4.05. The minimum atomic E-state index is 0.143. The first-order valence-corrected chi connectivity index (χ1v) is 9.97. The number of amides is 1. The summed E-state index contributed by atoms with van der Waals surface area (Å²) in [6.45, 7) is 8.56. The smallest absolute Gasteiger partial charge is 0.234 e. The maximum atomic E-state index is 12.8. The van der Waals surface area contributed by atoms with Crippen molar-refractivity contribution in [1.82, 2.24) is 19.7 Å². The van der Waals surface area contributed by atoms with E-state index in [1.807, 2.05) is 0 Å². The van der Waals surface area contributed by atoms with Gasteiger partial charge in [0.15, 0.2) is 5.78 Å². The highest BCUT2D eigenvalue weighted by Gasteiger charge is 2.29. The van der Waals surface area contributed by atoms with Crippen LogP contribution in [0.25, 0.3) is 0 Å². The van der Waals surface area contributed by atoms with Crippen molar-refractivity contribution in [1.29, 1.82) is 0 Å². The van der Waals surface area contributed by atoms with Gasteiger partial charge in [0.2, 0.25) is 5.91 Å². The lowest BCUT2D eigenvalue weighted by atomic mass is 10.1. The first-order valence-electron chi connectivity index (χ1n) is 9.97. The number of carbonyl (C=O) groups excluding carboxylic acids is 2. The van der Waals surface area contributed by atoms with E-state index in [1.54, 1.807) is 0 Å². The van der Waals surface area contributed by atoms with Gasteiger partial charge in [-0.1, -0.05) is 0 Å². The minimum Gasteiger partial charge on any atom is -0.352 e. The van der Waals surface area contributed by atoms with E-state index in [0.29, 0.717) is 25.2 Å². The number of Topliss-reactive ketones (excluding diaryl/α,β-unsaturated/α-hetero) is 1. The zero-order valence-corrected chi connectivity index (χ0v) is 16.0. The van der Waals surface area contributed by atoms with E-state index in [4.69, 9.17) is 0 Å². The quantitative estimate of drug-likeness (QED) is 0.751. The van der Waals surface area contributed by atoms with Gasteiger partial charge in [-0.2, -0.15) is 0 Å². The Kier molecular flexibility index (Phi) is 4.88. The summed E-state index contributed by atoms with van der Waals surface area (Å²) < 4.78 is 2.34. The molecule has 1 aromatic rings. The molecule has 2 heterocycles. The molecule has 0 bridgehead atoms. The molecule has 1 amide bonds. The second-order valence-electron chi connectivity index (χ2n) is 8.20. The highest BCUT2D eigenvalue weighted by Crippen LogP contribution is 2.38. The van der Waals surface area contributed by atoms with Crippen LogP contribution in [0.5, 0.6) is 0 Å². The maximum absolute atomic E-state index is 12.8. The van der Waals surface area contributed by atoms with E-state index in [2.05, 4.69) is 39.6 Å². The molecule has 26 heavy (non-hydrogen) atoms. The van der Waals surface area contributed by atoms with Crippen LogP contribution in [0.15, 0.2) is 6.07 Å². The van der Waals surface area contributed by atoms with Crippen molar-refractivity contribution >= 4 is 11.7 Å². The van der Waals surface area contributed by atoms with E-state index in [9.17, 15) is 9.59 Å². The average Bonchev–Trinajstić information content (AvgIpc) is 3.51. The third kappa shape index (κ3) is 4.01. The largest absolute Gasteiger partial charge is 0.352 e. The number of carbonyl (C=O) groups is 2. The fraction of sp³-hybridized carbons (Fsp3) is 0.700. The van der Waals surface area contributed by atoms with Gasteiger partial charge < -0.3 is 9.88 Å². The maximum Gasteiger partial charge on any atom is 0.234 e. The van der Waals surface area contributed by atoms with Gasteiger partial charge in [-0.3, -0.25) is 19.4 Å². The van der Waals surface area contributed by atoms with Gasteiger partial charge in [0, 0.05) is 55.2 Å². The van der Waals surface area contributed by atoms with Gasteiger partial charge in [0.05, 0.1) is 13.1 Å².